The van der Waals surface area contributed by atoms with Gasteiger partial charge in [-0.15, -0.1) is 0 Å². The molecule has 0 saturated carbocycles. The predicted molar refractivity (Wildman–Crippen MR) is 72.2 cm³/mol. The summed E-state index contributed by atoms with van der Waals surface area (Å²) in [7, 11) is 4.05. The van der Waals surface area contributed by atoms with Crippen LogP contribution in [-0.2, 0) is 7.05 Å². The minimum absolute atomic E-state index is 0.513. The van der Waals surface area contributed by atoms with E-state index in [0.29, 0.717) is 6.04 Å². The quantitative estimate of drug-likeness (QED) is 0.807. The lowest BCUT2D eigenvalue weighted by atomic mass is 10.1. The van der Waals surface area contributed by atoms with Crippen molar-refractivity contribution in [2.24, 2.45) is 7.05 Å². The standard InChI is InChI=1S/C14H19N3/c1-11(2)17(4)14-7-5-12(6-8-14)13-9-15-16(3)10-13/h5-11H,1-4H3. The zero-order chi connectivity index (χ0) is 12.4. The van der Waals surface area contributed by atoms with Crippen molar-refractivity contribution in [2.75, 3.05) is 11.9 Å². The van der Waals surface area contributed by atoms with E-state index in [1.165, 1.54) is 11.3 Å². The van der Waals surface area contributed by atoms with E-state index in [0.717, 1.165) is 5.56 Å². The first kappa shape index (κ1) is 11.7. The van der Waals surface area contributed by atoms with Crippen molar-refractivity contribution in [3.63, 3.8) is 0 Å². The predicted octanol–water partition coefficient (Wildman–Crippen LogP) is 2.93. The summed E-state index contributed by atoms with van der Waals surface area (Å²) in [5.41, 5.74) is 3.61. The van der Waals surface area contributed by atoms with E-state index < -0.39 is 0 Å². The summed E-state index contributed by atoms with van der Waals surface area (Å²) < 4.78 is 1.82. The average molecular weight is 229 g/mol. The summed E-state index contributed by atoms with van der Waals surface area (Å²) in [5, 5.41) is 4.19. The minimum atomic E-state index is 0.513. The second kappa shape index (κ2) is 4.62. The number of aryl methyl sites for hydroxylation is 1. The summed E-state index contributed by atoms with van der Waals surface area (Å²) in [5.74, 6) is 0. The van der Waals surface area contributed by atoms with Gasteiger partial charge in [-0.25, -0.2) is 0 Å². The molecule has 1 aromatic carbocycles. The molecule has 0 fully saturated rings. The Bertz CT molecular complexity index is 482. The summed E-state index contributed by atoms with van der Waals surface area (Å²) in [6.45, 7) is 4.38. The monoisotopic (exact) mass is 229 g/mol. The third kappa shape index (κ3) is 2.49. The highest BCUT2D eigenvalue weighted by atomic mass is 15.2. The van der Waals surface area contributed by atoms with Gasteiger partial charge in [0, 0.05) is 37.6 Å². The Hall–Kier alpha value is -1.77. The van der Waals surface area contributed by atoms with Crippen LogP contribution in [0.4, 0.5) is 5.69 Å². The number of hydrogen-bond donors (Lipinski definition) is 0. The zero-order valence-electron chi connectivity index (χ0n) is 10.9. The van der Waals surface area contributed by atoms with E-state index in [2.05, 4.69) is 55.2 Å². The normalized spacial score (nSPS) is 10.9. The zero-order valence-corrected chi connectivity index (χ0v) is 10.9. The first-order chi connectivity index (χ1) is 8.08. The van der Waals surface area contributed by atoms with Crippen LogP contribution in [0.5, 0.6) is 0 Å². The van der Waals surface area contributed by atoms with Gasteiger partial charge in [-0.2, -0.15) is 5.10 Å². The van der Waals surface area contributed by atoms with Gasteiger partial charge in [0.2, 0.25) is 0 Å². The SMILES string of the molecule is CC(C)N(C)c1ccc(-c2cnn(C)c2)cc1. The van der Waals surface area contributed by atoms with E-state index in [1.54, 1.807) is 0 Å². The molecule has 90 valence electrons. The molecule has 17 heavy (non-hydrogen) atoms. The molecule has 1 heterocycles. The third-order valence-corrected chi connectivity index (χ3v) is 3.09. The van der Waals surface area contributed by atoms with Gasteiger partial charge in [-0.1, -0.05) is 12.1 Å². The van der Waals surface area contributed by atoms with Crippen LogP contribution in [0.25, 0.3) is 11.1 Å². The lowest BCUT2D eigenvalue weighted by Crippen LogP contribution is -2.25. The molecule has 1 aromatic heterocycles. The van der Waals surface area contributed by atoms with Crippen molar-refractivity contribution in [1.29, 1.82) is 0 Å². The molecule has 2 rings (SSSR count). The fourth-order valence-corrected chi connectivity index (χ4v) is 1.76. The maximum Gasteiger partial charge on any atom is 0.0568 e. The molecule has 0 bridgehead atoms. The van der Waals surface area contributed by atoms with Crippen molar-refractivity contribution in [3.8, 4) is 11.1 Å². The molecule has 3 heteroatoms. The van der Waals surface area contributed by atoms with Gasteiger partial charge in [0.15, 0.2) is 0 Å². The van der Waals surface area contributed by atoms with Crippen molar-refractivity contribution in [1.82, 2.24) is 9.78 Å². The second-order valence-electron chi connectivity index (χ2n) is 4.65. The van der Waals surface area contributed by atoms with Gasteiger partial charge in [0.05, 0.1) is 6.20 Å². The van der Waals surface area contributed by atoms with Crippen LogP contribution in [-0.4, -0.2) is 22.9 Å². The molecule has 0 atom stereocenters. The highest BCUT2D eigenvalue weighted by Gasteiger charge is 2.05. The lowest BCUT2D eigenvalue weighted by Gasteiger charge is -2.23. The number of hydrogen-bond acceptors (Lipinski definition) is 2. The van der Waals surface area contributed by atoms with E-state index in [1.807, 2.05) is 24.1 Å². The molecule has 0 aliphatic carbocycles. The van der Waals surface area contributed by atoms with Gasteiger partial charge in [-0.3, -0.25) is 4.68 Å². The Labute approximate surface area is 103 Å². The third-order valence-electron chi connectivity index (χ3n) is 3.09. The molecule has 0 amide bonds. The molecule has 0 unspecified atom stereocenters. The highest BCUT2D eigenvalue weighted by Crippen LogP contribution is 2.22. The summed E-state index contributed by atoms with van der Waals surface area (Å²) in [4.78, 5) is 2.26. The molecule has 0 radical (unpaired) electrons. The fourth-order valence-electron chi connectivity index (χ4n) is 1.76. The van der Waals surface area contributed by atoms with Crippen LogP contribution in [0, 0.1) is 0 Å². The molecular formula is C14H19N3. The van der Waals surface area contributed by atoms with Crippen molar-refractivity contribution < 1.29 is 0 Å². The van der Waals surface area contributed by atoms with Crippen molar-refractivity contribution >= 4 is 5.69 Å². The summed E-state index contributed by atoms with van der Waals surface area (Å²) in [6.07, 6.45) is 3.92. The van der Waals surface area contributed by atoms with Crippen molar-refractivity contribution in [3.05, 3.63) is 36.7 Å². The Morgan fingerprint density at radius 2 is 1.76 bits per heavy atom. The lowest BCUT2D eigenvalue weighted by molar-refractivity contribution is 0.755. The van der Waals surface area contributed by atoms with E-state index in [9.17, 15) is 0 Å². The van der Waals surface area contributed by atoms with Crippen LogP contribution in [0.1, 0.15) is 13.8 Å². The van der Waals surface area contributed by atoms with Crippen LogP contribution in [0.15, 0.2) is 36.7 Å². The number of benzene rings is 1. The average Bonchev–Trinajstić information content (AvgIpc) is 2.75. The van der Waals surface area contributed by atoms with Gasteiger partial charge in [0.1, 0.15) is 0 Å². The Kier molecular flexibility index (Phi) is 3.18. The van der Waals surface area contributed by atoms with Gasteiger partial charge < -0.3 is 4.90 Å². The smallest absolute Gasteiger partial charge is 0.0568 e. The van der Waals surface area contributed by atoms with Crippen LogP contribution >= 0.6 is 0 Å². The Balaban J connectivity index is 2.24. The topological polar surface area (TPSA) is 21.1 Å². The molecule has 0 aliphatic rings. The maximum atomic E-state index is 4.19. The van der Waals surface area contributed by atoms with E-state index >= 15 is 0 Å². The van der Waals surface area contributed by atoms with Gasteiger partial charge in [-0.05, 0) is 31.5 Å². The molecule has 0 N–H and O–H groups in total. The Morgan fingerprint density at radius 3 is 2.24 bits per heavy atom. The summed E-state index contributed by atoms with van der Waals surface area (Å²) in [6, 6.07) is 9.11. The molecule has 0 aliphatic heterocycles. The molecule has 2 aromatic rings. The van der Waals surface area contributed by atoms with E-state index in [-0.39, 0.29) is 0 Å². The second-order valence-corrected chi connectivity index (χ2v) is 4.65. The maximum absolute atomic E-state index is 4.19. The number of rotatable bonds is 3. The Morgan fingerprint density at radius 1 is 1.12 bits per heavy atom. The van der Waals surface area contributed by atoms with Gasteiger partial charge in [0.25, 0.3) is 0 Å². The number of aromatic nitrogens is 2. The van der Waals surface area contributed by atoms with Crippen LogP contribution < -0.4 is 4.90 Å². The molecule has 0 saturated heterocycles. The summed E-state index contributed by atoms with van der Waals surface area (Å²) >= 11 is 0. The molecular weight excluding hydrogens is 210 g/mol. The fraction of sp³-hybridized carbons (Fsp3) is 0.357. The van der Waals surface area contributed by atoms with Crippen molar-refractivity contribution in [2.45, 2.75) is 19.9 Å². The molecule has 0 spiro atoms. The number of nitrogens with zero attached hydrogens (tertiary/aromatic N) is 3. The van der Waals surface area contributed by atoms with Gasteiger partial charge >= 0.3 is 0 Å². The van der Waals surface area contributed by atoms with Crippen LogP contribution in [0.2, 0.25) is 0 Å². The number of anilines is 1. The first-order valence-corrected chi connectivity index (χ1v) is 5.90. The van der Waals surface area contributed by atoms with E-state index in [4.69, 9.17) is 0 Å². The molecule has 3 nitrogen and oxygen atoms in total. The first-order valence-electron chi connectivity index (χ1n) is 5.90. The van der Waals surface area contributed by atoms with Crippen LogP contribution in [0.3, 0.4) is 0 Å². The largest absolute Gasteiger partial charge is 0.372 e. The minimum Gasteiger partial charge on any atom is -0.372 e. The highest BCUT2D eigenvalue weighted by molar-refractivity contribution is 5.65.